The number of nitrogens with zero attached hydrogens (tertiary/aromatic N) is 2. The molecular formula is C9H13IN2O3S. The highest BCUT2D eigenvalue weighted by atomic mass is 127. The number of rotatable bonds is 4. The van der Waals surface area contributed by atoms with E-state index in [1.807, 2.05) is 22.6 Å². The maximum absolute atomic E-state index is 11.7. The van der Waals surface area contributed by atoms with E-state index in [1.54, 1.807) is 6.92 Å². The van der Waals surface area contributed by atoms with Gasteiger partial charge in [0.15, 0.2) is 0 Å². The van der Waals surface area contributed by atoms with Gasteiger partial charge in [0.25, 0.3) is 5.56 Å². The van der Waals surface area contributed by atoms with Crippen LogP contribution in [0.2, 0.25) is 0 Å². The van der Waals surface area contributed by atoms with E-state index < -0.39 is 9.84 Å². The average Bonchev–Trinajstić information content (AvgIpc) is 2.16. The minimum Gasteiger partial charge on any atom is -0.296 e. The minimum absolute atomic E-state index is 0.0877. The Balaban J connectivity index is 2.82. The summed E-state index contributed by atoms with van der Waals surface area (Å²) < 4.78 is 24.0. The van der Waals surface area contributed by atoms with Crippen LogP contribution in [0.15, 0.2) is 11.0 Å². The first kappa shape index (κ1) is 13.6. The summed E-state index contributed by atoms with van der Waals surface area (Å²) in [5.74, 6) is 0.698. The van der Waals surface area contributed by atoms with Crippen molar-refractivity contribution in [2.24, 2.45) is 0 Å². The van der Waals surface area contributed by atoms with Gasteiger partial charge < -0.3 is 0 Å². The number of aromatic nitrogens is 2. The lowest BCUT2D eigenvalue weighted by molar-refractivity contribution is 0.581. The molecule has 0 saturated carbocycles. The summed E-state index contributed by atoms with van der Waals surface area (Å²) in [5.41, 5.74) is -0.110. The summed E-state index contributed by atoms with van der Waals surface area (Å²) in [4.78, 5) is 15.8. The zero-order chi connectivity index (χ0) is 12.3. The van der Waals surface area contributed by atoms with Crippen molar-refractivity contribution in [1.29, 1.82) is 0 Å². The van der Waals surface area contributed by atoms with Crippen LogP contribution in [0.1, 0.15) is 12.2 Å². The van der Waals surface area contributed by atoms with Gasteiger partial charge in [-0.15, -0.1) is 0 Å². The van der Waals surface area contributed by atoms with Crippen molar-refractivity contribution in [3.8, 4) is 0 Å². The molecule has 0 saturated heterocycles. The first-order valence-corrected chi connectivity index (χ1v) is 7.85. The minimum atomic E-state index is -2.97. The fourth-order valence-electron chi connectivity index (χ4n) is 1.30. The number of hydrogen-bond acceptors (Lipinski definition) is 4. The molecule has 7 heteroatoms. The van der Waals surface area contributed by atoms with Crippen molar-refractivity contribution < 1.29 is 8.42 Å². The molecule has 0 N–H and O–H groups in total. The van der Waals surface area contributed by atoms with E-state index >= 15 is 0 Å². The molecule has 0 aliphatic rings. The standard InChI is InChI=1S/C9H13IN2O3S/c1-7-11-6-8(10)9(13)12(7)4-3-5-16(2,14)15/h6H,3-5H2,1-2H3. The van der Waals surface area contributed by atoms with E-state index in [-0.39, 0.29) is 11.3 Å². The largest absolute Gasteiger partial charge is 0.296 e. The third kappa shape index (κ3) is 3.85. The molecule has 0 fully saturated rings. The molecule has 0 aromatic carbocycles. The molecule has 5 nitrogen and oxygen atoms in total. The van der Waals surface area contributed by atoms with Crippen LogP contribution in [0.25, 0.3) is 0 Å². The average molecular weight is 356 g/mol. The Kier molecular flexibility index (Phi) is 4.48. The van der Waals surface area contributed by atoms with Gasteiger partial charge in [-0.05, 0) is 35.9 Å². The zero-order valence-electron chi connectivity index (χ0n) is 9.10. The van der Waals surface area contributed by atoms with Crippen molar-refractivity contribution in [3.63, 3.8) is 0 Å². The molecule has 0 atom stereocenters. The van der Waals surface area contributed by atoms with Gasteiger partial charge in [0.05, 0.1) is 9.32 Å². The van der Waals surface area contributed by atoms with Gasteiger partial charge >= 0.3 is 0 Å². The molecule has 0 spiro atoms. The summed E-state index contributed by atoms with van der Waals surface area (Å²) in [5, 5.41) is 0. The van der Waals surface area contributed by atoms with Gasteiger partial charge in [0.2, 0.25) is 0 Å². The van der Waals surface area contributed by atoms with Crippen molar-refractivity contribution in [1.82, 2.24) is 9.55 Å². The molecular weight excluding hydrogens is 343 g/mol. The summed E-state index contributed by atoms with van der Waals surface area (Å²) in [6.07, 6.45) is 3.14. The maximum Gasteiger partial charge on any atom is 0.266 e. The van der Waals surface area contributed by atoms with Crippen LogP contribution in [0.5, 0.6) is 0 Å². The van der Waals surface area contributed by atoms with E-state index in [9.17, 15) is 13.2 Å². The molecule has 16 heavy (non-hydrogen) atoms. The third-order valence-electron chi connectivity index (χ3n) is 2.10. The van der Waals surface area contributed by atoms with Crippen molar-refractivity contribution in [2.75, 3.05) is 12.0 Å². The summed E-state index contributed by atoms with van der Waals surface area (Å²) in [6, 6.07) is 0. The summed E-state index contributed by atoms with van der Waals surface area (Å²) in [6.45, 7) is 2.12. The van der Waals surface area contributed by atoms with Crippen LogP contribution in [0, 0.1) is 10.5 Å². The van der Waals surface area contributed by atoms with Crippen molar-refractivity contribution in [3.05, 3.63) is 25.9 Å². The third-order valence-corrected chi connectivity index (χ3v) is 3.87. The molecule has 1 aromatic rings. The Morgan fingerprint density at radius 2 is 2.12 bits per heavy atom. The Morgan fingerprint density at radius 1 is 1.50 bits per heavy atom. The monoisotopic (exact) mass is 356 g/mol. The van der Waals surface area contributed by atoms with Crippen molar-refractivity contribution >= 4 is 32.4 Å². The molecule has 0 bridgehead atoms. The van der Waals surface area contributed by atoms with Gasteiger partial charge in [-0.1, -0.05) is 0 Å². The van der Waals surface area contributed by atoms with E-state index in [1.165, 1.54) is 17.0 Å². The van der Waals surface area contributed by atoms with Crippen molar-refractivity contribution in [2.45, 2.75) is 19.9 Å². The zero-order valence-corrected chi connectivity index (χ0v) is 12.1. The van der Waals surface area contributed by atoms with Gasteiger partial charge in [0, 0.05) is 19.0 Å². The second kappa shape index (κ2) is 5.26. The maximum atomic E-state index is 11.7. The van der Waals surface area contributed by atoms with Gasteiger partial charge in [-0.2, -0.15) is 0 Å². The van der Waals surface area contributed by atoms with E-state index in [0.29, 0.717) is 22.4 Å². The first-order chi connectivity index (χ1) is 7.31. The normalized spacial score (nSPS) is 11.7. The van der Waals surface area contributed by atoms with E-state index in [2.05, 4.69) is 4.98 Å². The number of sulfone groups is 1. The van der Waals surface area contributed by atoms with Crippen LogP contribution >= 0.6 is 22.6 Å². The Bertz CT molecular complexity index is 536. The van der Waals surface area contributed by atoms with Crippen LogP contribution in [-0.2, 0) is 16.4 Å². The Labute approximate surface area is 108 Å². The molecule has 1 rings (SSSR count). The van der Waals surface area contributed by atoms with Crippen LogP contribution in [0.3, 0.4) is 0 Å². The number of hydrogen-bond donors (Lipinski definition) is 0. The molecule has 0 amide bonds. The smallest absolute Gasteiger partial charge is 0.266 e. The lowest BCUT2D eigenvalue weighted by atomic mass is 10.4. The molecule has 0 radical (unpaired) electrons. The first-order valence-electron chi connectivity index (χ1n) is 4.71. The fraction of sp³-hybridized carbons (Fsp3) is 0.556. The highest BCUT2D eigenvalue weighted by Crippen LogP contribution is 1.99. The van der Waals surface area contributed by atoms with Crippen LogP contribution in [0.4, 0.5) is 0 Å². The van der Waals surface area contributed by atoms with E-state index in [0.717, 1.165) is 0 Å². The highest BCUT2D eigenvalue weighted by Gasteiger charge is 2.07. The molecule has 1 aromatic heterocycles. The molecule has 1 heterocycles. The van der Waals surface area contributed by atoms with Gasteiger partial charge in [0.1, 0.15) is 15.7 Å². The quantitative estimate of drug-likeness (QED) is 0.741. The lowest BCUT2D eigenvalue weighted by Gasteiger charge is -2.08. The SMILES string of the molecule is Cc1ncc(I)c(=O)n1CCCS(C)(=O)=O. The molecule has 0 aliphatic carbocycles. The summed E-state index contributed by atoms with van der Waals surface area (Å²) in [7, 11) is -2.97. The predicted molar refractivity (Wildman–Crippen MR) is 70.3 cm³/mol. The number of aryl methyl sites for hydroxylation is 1. The Morgan fingerprint density at radius 3 is 2.69 bits per heavy atom. The number of halogens is 1. The van der Waals surface area contributed by atoms with Gasteiger partial charge in [-0.3, -0.25) is 9.36 Å². The second-order valence-corrected chi connectivity index (χ2v) is 7.02. The second-order valence-electron chi connectivity index (χ2n) is 3.59. The van der Waals surface area contributed by atoms with Crippen LogP contribution in [-0.4, -0.2) is 30.0 Å². The van der Waals surface area contributed by atoms with Gasteiger partial charge in [-0.25, -0.2) is 13.4 Å². The van der Waals surface area contributed by atoms with Crippen LogP contribution < -0.4 is 5.56 Å². The fourth-order valence-corrected chi connectivity index (χ4v) is 2.38. The lowest BCUT2D eigenvalue weighted by Crippen LogP contribution is -2.26. The molecule has 0 aliphatic heterocycles. The Hall–Kier alpha value is -0.440. The topological polar surface area (TPSA) is 69.0 Å². The molecule has 90 valence electrons. The summed E-state index contributed by atoms with van der Waals surface area (Å²) >= 11 is 1.92. The molecule has 0 unspecified atom stereocenters. The predicted octanol–water partition coefficient (Wildman–Crippen LogP) is 0.591. The van der Waals surface area contributed by atoms with E-state index in [4.69, 9.17) is 0 Å². The highest BCUT2D eigenvalue weighted by molar-refractivity contribution is 14.1.